The molecule has 0 fully saturated rings. The summed E-state index contributed by atoms with van der Waals surface area (Å²) in [6.07, 6.45) is 4.00. The molecule has 27 heavy (non-hydrogen) atoms. The number of nitrogens with zero attached hydrogens (tertiary/aromatic N) is 2. The molecule has 1 amide bonds. The molecule has 1 heterocycles. The van der Waals surface area contributed by atoms with Crippen molar-refractivity contribution in [2.75, 3.05) is 12.5 Å². The number of anilines is 1. The van der Waals surface area contributed by atoms with Crippen LogP contribution in [0.4, 0.5) is 5.69 Å². The molecule has 2 unspecified atom stereocenters. The molecule has 0 radical (unpaired) electrons. The minimum Gasteiger partial charge on any atom is -0.480 e. The lowest BCUT2D eigenvalue weighted by molar-refractivity contribution is -0.140. The fourth-order valence-corrected chi connectivity index (χ4v) is 2.79. The lowest BCUT2D eigenvalue weighted by Crippen LogP contribution is -2.52. The van der Waals surface area contributed by atoms with E-state index >= 15 is 0 Å². The predicted octanol–water partition coefficient (Wildman–Crippen LogP) is 1.50. The number of nitrogens with one attached hydrogen (secondary N) is 3. The van der Waals surface area contributed by atoms with E-state index in [1.165, 1.54) is 7.05 Å². The molecule has 0 saturated carbocycles. The van der Waals surface area contributed by atoms with Gasteiger partial charge in [0.2, 0.25) is 5.91 Å². The van der Waals surface area contributed by atoms with Crippen molar-refractivity contribution in [3.63, 3.8) is 0 Å². The number of amides is 1. The molecule has 2 rings (SSSR count). The summed E-state index contributed by atoms with van der Waals surface area (Å²) in [5.74, 6) is -1.04. The van der Waals surface area contributed by atoms with Gasteiger partial charge in [0.15, 0.2) is 0 Å². The lowest BCUT2D eigenvalue weighted by Gasteiger charge is -2.24. The molecule has 1 aromatic heterocycles. The number of likely N-dealkylation sites (N-methyl/N-ethyl adjacent to an activating group) is 1. The van der Waals surface area contributed by atoms with Crippen LogP contribution in [-0.4, -0.2) is 45.8 Å². The van der Waals surface area contributed by atoms with Crippen molar-refractivity contribution >= 4 is 17.6 Å². The maximum Gasteiger partial charge on any atom is 0.320 e. The average Bonchev–Trinajstić information content (AvgIpc) is 3.06. The van der Waals surface area contributed by atoms with Gasteiger partial charge in [-0.1, -0.05) is 32.0 Å². The van der Waals surface area contributed by atoms with Crippen LogP contribution in [0.2, 0.25) is 0 Å². The molecule has 8 heteroatoms. The number of carbonyl (C=O) groups is 2. The van der Waals surface area contributed by atoms with Gasteiger partial charge in [-0.05, 0) is 24.5 Å². The molecule has 0 spiro atoms. The van der Waals surface area contributed by atoms with Gasteiger partial charge in [0.05, 0.1) is 23.6 Å². The first-order chi connectivity index (χ1) is 12.9. The Labute approximate surface area is 159 Å². The Bertz CT molecular complexity index is 745. The minimum absolute atomic E-state index is 0.189. The van der Waals surface area contributed by atoms with Crippen molar-refractivity contribution < 1.29 is 14.7 Å². The van der Waals surface area contributed by atoms with Crippen molar-refractivity contribution in [2.24, 2.45) is 5.92 Å². The number of aliphatic carboxylic acids is 1. The summed E-state index contributed by atoms with van der Waals surface area (Å²) in [7, 11) is 1.54. The van der Waals surface area contributed by atoms with Crippen LogP contribution < -0.4 is 16.1 Å². The van der Waals surface area contributed by atoms with E-state index in [4.69, 9.17) is 0 Å². The highest BCUT2D eigenvalue weighted by Crippen LogP contribution is 2.11. The molecule has 2 aromatic rings. The molecular weight excluding hydrogens is 346 g/mol. The standard InChI is InChI=1S/C19H27N5O3/c1-13(2)9-17(19(26)27)22-16(18(25)20-3)10-15-11-21-12-24(15)23-14-7-5-4-6-8-14/h4-8,11-13,16-17,22-23H,9-10H2,1-3H3,(H,20,25)(H,26,27). The molecule has 0 aliphatic rings. The molecule has 4 N–H and O–H groups in total. The van der Waals surface area contributed by atoms with Crippen LogP contribution in [0.1, 0.15) is 26.0 Å². The molecule has 0 aliphatic carbocycles. The number of rotatable bonds is 10. The Kier molecular flexibility index (Phi) is 7.36. The number of imidazole rings is 1. The number of carbonyl (C=O) groups excluding carboxylic acids is 1. The van der Waals surface area contributed by atoms with E-state index in [1.54, 1.807) is 17.2 Å². The van der Waals surface area contributed by atoms with Crippen molar-refractivity contribution in [3.05, 3.63) is 48.5 Å². The fourth-order valence-electron chi connectivity index (χ4n) is 2.79. The highest BCUT2D eigenvalue weighted by Gasteiger charge is 2.27. The summed E-state index contributed by atoms with van der Waals surface area (Å²) < 4.78 is 1.73. The average molecular weight is 373 g/mol. The van der Waals surface area contributed by atoms with Gasteiger partial charge in [-0.3, -0.25) is 20.3 Å². The molecule has 2 atom stereocenters. The second kappa shape index (κ2) is 9.72. The van der Waals surface area contributed by atoms with Gasteiger partial charge in [0, 0.05) is 13.5 Å². The van der Waals surface area contributed by atoms with Crippen LogP contribution in [0, 0.1) is 5.92 Å². The van der Waals surface area contributed by atoms with E-state index in [0.717, 1.165) is 11.4 Å². The third kappa shape index (κ3) is 6.10. The summed E-state index contributed by atoms with van der Waals surface area (Å²) in [5, 5.41) is 15.1. The Hall–Kier alpha value is -2.87. The maximum atomic E-state index is 12.3. The quantitative estimate of drug-likeness (QED) is 0.503. The molecule has 0 saturated heterocycles. The molecule has 0 bridgehead atoms. The Morgan fingerprint density at radius 3 is 2.48 bits per heavy atom. The largest absolute Gasteiger partial charge is 0.480 e. The maximum absolute atomic E-state index is 12.3. The van der Waals surface area contributed by atoms with E-state index in [-0.39, 0.29) is 11.8 Å². The van der Waals surface area contributed by atoms with Crippen molar-refractivity contribution in [1.29, 1.82) is 0 Å². The molecule has 8 nitrogen and oxygen atoms in total. The van der Waals surface area contributed by atoms with Crippen LogP contribution >= 0.6 is 0 Å². The van der Waals surface area contributed by atoms with Gasteiger partial charge >= 0.3 is 5.97 Å². The monoisotopic (exact) mass is 373 g/mol. The molecule has 1 aromatic carbocycles. The van der Waals surface area contributed by atoms with E-state index in [0.29, 0.717) is 12.8 Å². The normalized spacial score (nSPS) is 13.2. The van der Waals surface area contributed by atoms with Crippen LogP contribution in [0.25, 0.3) is 0 Å². The number of carboxylic acids is 1. The Balaban J connectivity index is 2.16. The molecule has 0 aliphatic heterocycles. The minimum atomic E-state index is -0.964. The zero-order valence-electron chi connectivity index (χ0n) is 15.8. The van der Waals surface area contributed by atoms with E-state index in [1.807, 2.05) is 44.2 Å². The lowest BCUT2D eigenvalue weighted by atomic mass is 10.0. The first-order valence-corrected chi connectivity index (χ1v) is 8.94. The Morgan fingerprint density at radius 2 is 1.89 bits per heavy atom. The summed E-state index contributed by atoms with van der Waals surface area (Å²) in [5.41, 5.74) is 4.84. The highest BCUT2D eigenvalue weighted by atomic mass is 16.4. The van der Waals surface area contributed by atoms with Gasteiger partial charge in [0.25, 0.3) is 0 Å². The second-order valence-electron chi connectivity index (χ2n) is 6.79. The summed E-state index contributed by atoms with van der Waals surface area (Å²) in [6.45, 7) is 3.90. The van der Waals surface area contributed by atoms with Crippen LogP contribution in [0.5, 0.6) is 0 Å². The summed E-state index contributed by atoms with van der Waals surface area (Å²) in [6, 6.07) is 8.09. The van der Waals surface area contributed by atoms with Gasteiger partial charge in [-0.15, -0.1) is 0 Å². The number of hydrogen-bond donors (Lipinski definition) is 4. The van der Waals surface area contributed by atoms with Gasteiger partial charge < -0.3 is 10.4 Å². The third-order valence-corrected chi connectivity index (χ3v) is 4.12. The first-order valence-electron chi connectivity index (χ1n) is 8.94. The third-order valence-electron chi connectivity index (χ3n) is 4.12. The van der Waals surface area contributed by atoms with Crippen molar-refractivity contribution in [3.8, 4) is 0 Å². The number of para-hydroxylation sites is 1. The van der Waals surface area contributed by atoms with Gasteiger partial charge in [-0.25, -0.2) is 9.66 Å². The Morgan fingerprint density at radius 1 is 1.19 bits per heavy atom. The van der Waals surface area contributed by atoms with Crippen LogP contribution in [0.3, 0.4) is 0 Å². The van der Waals surface area contributed by atoms with E-state index < -0.39 is 18.1 Å². The predicted molar refractivity (Wildman–Crippen MR) is 103 cm³/mol. The topological polar surface area (TPSA) is 108 Å². The van der Waals surface area contributed by atoms with E-state index in [9.17, 15) is 14.7 Å². The van der Waals surface area contributed by atoms with Gasteiger partial charge in [0.1, 0.15) is 12.4 Å². The summed E-state index contributed by atoms with van der Waals surface area (Å²) >= 11 is 0. The number of hydrogen-bond acceptors (Lipinski definition) is 5. The molecule has 146 valence electrons. The number of aromatic nitrogens is 2. The van der Waals surface area contributed by atoms with Gasteiger partial charge in [-0.2, -0.15) is 0 Å². The van der Waals surface area contributed by atoms with Crippen LogP contribution in [-0.2, 0) is 16.0 Å². The first kappa shape index (κ1) is 20.4. The molecular formula is C19H27N5O3. The van der Waals surface area contributed by atoms with Crippen LogP contribution in [0.15, 0.2) is 42.9 Å². The summed E-state index contributed by atoms with van der Waals surface area (Å²) in [4.78, 5) is 28.0. The fraction of sp³-hybridized carbons (Fsp3) is 0.421. The van der Waals surface area contributed by atoms with Crippen molar-refractivity contribution in [2.45, 2.75) is 38.8 Å². The van der Waals surface area contributed by atoms with Crippen molar-refractivity contribution in [1.82, 2.24) is 20.3 Å². The SMILES string of the molecule is CNC(=O)C(Cc1cncn1Nc1ccccc1)NC(CC(C)C)C(=O)O. The zero-order valence-corrected chi connectivity index (χ0v) is 15.8. The smallest absolute Gasteiger partial charge is 0.320 e. The second-order valence-corrected chi connectivity index (χ2v) is 6.79. The number of benzene rings is 1. The highest BCUT2D eigenvalue weighted by molar-refractivity contribution is 5.83. The number of carboxylic acid groups (broad SMARTS) is 1. The zero-order chi connectivity index (χ0) is 19.8. The van der Waals surface area contributed by atoms with E-state index in [2.05, 4.69) is 21.0 Å².